The molecule has 1 heterocycles. The number of rotatable bonds is 4. The Labute approximate surface area is 138 Å². The summed E-state index contributed by atoms with van der Waals surface area (Å²) in [6.45, 7) is 1.51. The van der Waals surface area contributed by atoms with Gasteiger partial charge in [-0.1, -0.05) is 35.4 Å². The number of ether oxygens (including phenoxy) is 1. The lowest BCUT2D eigenvalue weighted by molar-refractivity contribution is -0.157. The Hall–Kier alpha value is -1.59. The molecule has 118 valence electrons. The van der Waals surface area contributed by atoms with Gasteiger partial charge < -0.3 is 10.1 Å². The molecule has 2 atom stereocenters. The Balaban J connectivity index is 1.91. The van der Waals surface area contributed by atoms with Crippen LogP contribution in [0, 0.1) is 5.92 Å². The average molecular weight is 343 g/mol. The van der Waals surface area contributed by atoms with Crippen LogP contribution in [0.1, 0.15) is 26.2 Å². The first-order chi connectivity index (χ1) is 10.5. The Morgan fingerprint density at radius 3 is 2.82 bits per heavy atom. The highest BCUT2D eigenvalue weighted by Crippen LogP contribution is 2.23. The molecular weight excluding hydrogens is 327 g/mol. The lowest BCUT2D eigenvalue weighted by atomic mass is 9.95. The number of halogens is 2. The van der Waals surface area contributed by atoms with Crippen molar-refractivity contribution in [3.05, 3.63) is 34.5 Å². The maximum absolute atomic E-state index is 12.0. The summed E-state index contributed by atoms with van der Waals surface area (Å²) in [5.74, 6) is -0.851. The van der Waals surface area contributed by atoms with Gasteiger partial charge in [-0.25, -0.2) is 4.98 Å². The van der Waals surface area contributed by atoms with Gasteiger partial charge in [-0.15, -0.1) is 0 Å². The van der Waals surface area contributed by atoms with E-state index in [0.29, 0.717) is 11.4 Å². The van der Waals surface area contributed by atoms with Gasteiger partial charge in [0.25, 0.3) is 5.91 Å². The number of carbonyl (C=O) groups excluding carboxylic acids is 2. The van der Waals surface area contributed by atoms with Gasteiger partial charge >= 0.3 is 5.97 Å². The van der Waals surface area contributed by atoms with Gasteiger partial charge in [-0.05, 0) is 32.3 Å². The molecule has 1 aromatic rings. The van der Waals surface area contributed by atoms with Crippen LogP contribution in [-0.4, -0.2) is 23.0 Å². The highest BCUT2D eigenvalue weighted by molar-refractivity contribution is 6.36. The molecule has 0 spiro atoms. The van der Waals surface area contributed by atoms with Crippen molar-refractivity contribution < 1.29 is 14.3 Å². The SMILES string of the molecule is C[C@@H](OC(=O)[C@H]1CC=CCC1)C(=O)Nc1ncc(Cl)cc1Cl. The van der Waals surface area contributed by atoms with E-state index in [1.165, 1.54) is 19.2 Å². The zero-order valence-electron chi connectivity index (χ0n) is 12.0. The molecule has 1 amide bonds. The van der Waals surface area contributed by atoms with Gasteiger partial charge in [0.15, 0.2) is 11.9 Å². The first-order valence-electron chi connectivity index (χ1n) is 6.94. The second kappa shape index (κ2) is 7.61. The summed E-state index contributed by atoms with van der Waals surface area (Å²) < 4.78 is 5.21. The molecule has 1 aromatic heterocycles. The van der Waals surface area contributed by atoms with Crippen LogP contribution >= 0.6 is 23.2 Å². The largest absolute Gasteiger partial charge is 0.452 e. The van der Waals surface area contributed by atoms with Crippen molar-refractivity contribution in [3.8, 4) is 0 Å². The number of nitrogens with one attached hydrogen (secondary N) is 1. The standard InChI is InChI=1S/C15H16Cl2N2O3/c1-9(22-15(21)10-5-3-2-4-6-10)14(20)19-13-12(17)7-11(16)8-18-13/h2-3,7-10H,4-6H2,1H3,(H,18,19,20)/t9-,10+/m1/s1. The number of anilines is 1. The van der Waals surface area contributed by atoms with Crippen LogP contribution in [-0.2, 0) is 14.3 Å². The molecule has 22 heavy (non-hydrogen) atoms. The summed E-state index contributed by atoms with van der Waals surface area (Å²) in [7, 11) is 0. The van der Waals surface area contributed by atoms with Gasteiger partial charge in [0, 0.05) is 6.20 Å². The molecule has 1 aliphatic rings. The molecule has 5 nitrogen and oxygen atoms in total. The first kappa shape index (κ1) is 16.8. The highest BCUT2D eigenvalue weighted by atomic mass is 35.5. The van der Waals surface area contributed by atoms with Gasteiger partial charge in [-0.2, -0.15) is 0 Å². The Morgan fingerprint density at radius 1 is 1.41 bits per heavy atom. The smallest absolute Gasteiger partial charge is 0.310 e. The van der Waals surface area contributed by atoms with Crippen LogP contribution in [0.5, 0.6) is 0 Å². The maximum atomic E-state index is 12.0. The van der Waals surface area contributed by atoms with Crippen LogP contribution in [0.4, 0.5) is 5.82 Å². The number of amides is 1. The van der Waals surface area contributed by atoms with E-state index in [1.54, 1.807) is 0 Å². The summed E-state index contributed by atoms with van der Waals surface area (Å²) in [5.41, 5.74) is 0. The summed E-state index contributed by atoms with van der Waals surface area (Å²) >= 11 is 11.7. The topological polar surface area (TPSA) is 68.3 Å². The number of esters is 1. The second-order valence-electron chi connectivity index (χ2n) is 5.03. The summed E-state index contributed by atoms with van der Waals surface area (Å²) in [6.07, 6.45) is 6.68. The number of hydrogen-bond acceptors (Lipinski definition) is 4. The normalized spacial score (nSPS) is 18.6. The molecule has 0 fully saturated rings. The van der Waals surface area contributed by atoms with Gasteiger partial charge in [-0.3, -0.25) is 9.59 Å². The monoisotopic (exact) mass is 342 g/mol. The molecule has 0 aliphatic heterocycles. The van der Waals surface area contributed by atoms with Crippen molar-refractivity contribution in [2.45, 2.75) is 32.3 Å². The molecule has 0 saturated carbocycles. The van der Waals surface area contributed by atoms with Crippen LogP contribution in [0.25, 0.3) is 0 Å². The predicted octanol–water partition coefficient (Wildman–Crippen LogP) is 3.61. The van der Waals surface area contributed by atoms with E-state index in [0.717, 1.165) is 12.8 Å². The second-order valence-corrected chi connectivity index (χ2v) is 5.88. The molecule has 0 bridgehead atoms. The van der Waals surface area contributed by atoms with Crippen molar-refractivity contribution in [2.24, 2.45) is 5.92 Å². The van der Waals surface area contributed by atoms with Crippen molar-refractivity contribution in [1.82, 2.24) is 4.98 Å². The number of nitrogens with zero attached hydrogens (tertiary/aromatic N) is 1. The summed E-state index contributed by atoms with van der Waals surface area (Å²) in [6, 6.07) is 1.47. The number of pyridine rings is 1. The van der Waals surface area contributed by atoms with Crippen LogP contribution in [0.15, 0.2) is 24.4 Å². The quantitative estimate of drug-likeness (QED) is 0.670. The lowest BCUT2D eigenvalue weighted by Gasteiger charge is -2.19. The zero-order valence-corrected chi connectivity index (χ0v) is 13.5. The molecule has 1 N–H and O–H groups in total. The van der Waals surface area contributed by atoms with E-state index in [2.05, 4.69) is 10.3 Å². The molecule has 0 saturated heterocycles. The third-order valence-corrected chi connectivity index (χ3v) is 3.81. The summed E-state index contributed by atoms with van der Waals surface area (Å²) in [4.78, 5) is 27.9. The number of carbonyl (C=O) groups is 2. The van der Waals surface area contributed by atoms with E-state index < -0.39 is 12.0 Å². The minimum absolute atomic E-state index is 0.180. The minimum atomic E-state index is -0.924. The number of aromatic nitrogens is 1. The van der Waals surface area contributed by atoms with E-state index in [9.17, 15) is 9.59 Å². The summed E-state index contributed by atoms with van der Waals surface area (Å²) in [5, 5.41) is 3.10. The molecule has 7 heteroatoms. The van der Waals surface area contributed by atoms with E-state index in [-0.39, 0.29) is 22.7 Å². The first-order valence-corrected chi connectivity index (χ1v) is 7.70. The molecule has 1 aliphatic carbocycles. The van der Waals surface area contributed by atoms with Gasteiger partial charge in [0.05, 0.1) is 16.0 Å². The van der Waals surface area contributed by atoms with Crippen LogP contribution in [0.2, 0.25) is 10.0 Å². The third kappa shape index (κ3) is 4.45. The Morgan fingerprint density at radius 2 is 2.18 bits per heavy atom. The van der Waals surface area contributed by atoms with Crippen molar-refractivity contribution in [1.29, 1.82) is 0 Å². The van der Waals surface area contributed by atoms with Crippen molar-refractivity contribution >= 4 is 40.9 Å². The molecule has 0 radical (unpaired) electrons. The van der Waals surface area contributed by atoms with Crippen LogP contribution in [0.3, 0.4) is 0 Å². The van der Waals surface area contributed by atoms with Crippen LogP contribution < -0.4 is 5.32 Å². The molecule has 0 aromatic carbocycles. The highest BCUT2D eigenvalue weighted by Gasteiger charge is 2.25. The third-order valence-electron chi connectivity index (χ3n) is 3.31. The van der Waals surface area contributed by atoms with Crippen molar-refractivity contribution in [2.75, 3.05) is 5.32 Å². The fraction of sp³-hybridized carbons (Fsp3) is 0.400. The van der Waals surface area contributed by atoms with Gasteiger partial charge in [0.1, 0.15) is 0 Å². The molecule has 2 rings (SSSR count). The lowest BCUT2D eigenvalue weighted by Crippen LogP contribution is -2.32. The minimum Gasteiger partial charge on any atom is -0.452 e. The van der Waals surface area contributed by atoms with Gasteiger partial charge in [0.2, 0.25) is 0 Å². The number of allylic oxidation sites excluding steroid dienone is 2. The van der Waals surface area contributed by atoms with E-state index >= 15 is 0 Å². The van der Waals surface area contributed by atoms with E-state index in [4.69, 9.17) is 27.9 Å². The maximum Gasteiger partial charge on any atom is 0.310 e. The zero-order chi connectivity index (χ0) is 16.1. The fourth-order valence-corrected chi connectivity index (χ4v) is 2.48. The Bertz CT molecular complexity index is 604. The number of hydrogen-bond donors (Lipinski definition) is 1. The molecule has 0 unspecified atom stereocenters. The molecular formula is C15H16Cl2N2O3. The predicted molar refractivity (Wildman–Crippen MR) is 84.9 cm³/mol. The average Bonchev–Trinajstić information content (AvgIpc) is 2.50. The van der Waals surface area contributed by atoms with Crippen molar-refractivity contribution in [3.63, 3.8) is 0 Å². The van der Waals surface area contributed by atoms with E-state index in [1.807, 2.05) is 12.2 Å². The Kier molecular flexibility index (Phi) is 5.80. The fourth-order valence-electron chi connectivity index (χ4n) is 2.06.